The number of aryl methyl sites for hydroxylation is 2. The van der Waals surface area contributed by atoms with Crippen molar-refractivity contribution in [3.05, 3.63) is 92.9 Å². The van der Waals surface area contributed by atoms with Crippen molar-refractivity contribution in [2.75, 3.05) is 26.3 Å². The number of morpholine rings is 1. The number of aromatic nitrogens is 2. The summed E-state index contributed by atoms with van der Waals surface area (Å²) in [4.78, 5) is 20.0. The summed E-state index contributed by atoms with van der Waals surface area (Å²) in [6.07, 6.45) is 1.80. The summed E-state index contributed by atoms with van der Waals surface area (Å²) >= 11 is 0. The predicted octanol–water partition coefficient (Wildman–Crippen LogP) is 2.63. The number of H-pyrrole nitrogens is 1. The highest BCUT2D eigenvalue weighted by atomic mass is 19.1. The molecule has 2 aromatic carbocycles. The van der Waals surface area contributed by atoms with Crippen LogP contribution in [0.25, 0.3) is 0 Å². The smallest absolute Gasteiger partial charge is 0.293 e. The van der Waals surface area contributed by atoms with E-state index in [1.54, 1.807) is 12.1 Å². The normalized spacial score (nSPS) is 14.0. The lowest BCUT2D eigenvalue weighted by Crippen LogP contribution is -2.35. The third-order valence-corrected chi connectivity index (χ3v) is 5.40. The molecule has 4 rings (SSSR count). The van der Waals surface area contributed by atoms with E-state index in [2.05, 4.69) is 38.8 Å². The highest BCUT2D eigenvalue weighted by Crippen LogP contribution is 2.15. The molecule has 2 N–H and O–H groups in total. The Kier molecular flexibility index (Phi) is 6.95. The molecule has 1 aromatic heterocycles. The van der Waals surface area contributed by atoms with Crippen molar-refractivity contribution in [1.82, 2.24) is 14.9 Å². The fourth-order valence-corrected chi connectivity index (χ4v) is 3.55. The molecule has 1 fully saturated rings. The lowest BCUT2D eigenvalue weighted by Gasteiger charge is -2.26. The van der Waals surface area contributed by atoms with Gasteiger partial charge in [-0.25, -0.2) is 9.37 Å². The maximum Gasteiger partial charge on any atom is 0.293 e. The van der Waals surface area contributed by atoms with E-state index in [4.69, 9.17) is 4.74 Å². The van der Waals surface area contributed by atoms with Crippen molar-refractivity contribution in [3.8, 4) is 17.6 Å². The summed E-state index contributed by atoms with van der Waals surface area (Å²) in [6.45, 7) is 4.36. The Morgan fingerprint density at radius 3 is 2.53 bits per heavy atom. The minimum absolute atomic E-state index is 0.245. The molecule has 0 spiro atoms. The van der Waals surface area contributed by atoms with Gasteiger partial charge in [-0.3, -0.25) is 9.69 Å². The topological polar surface area (TPSA) is 78.5 Å². The van der Waals surface area contributed by atoms with Gasteiger partial charge in [-0.1, -0.05) is 30.0 Å². The number of aromatic hydroxyl groups is 1. The van der Waals surface area contributed by atoms with Crippen LogP contribution >= 0.6 is 0 Å². The maximum atomic E-state index is 14.5. The van der Waals surface area contributed by atoms with E-state index >= 15 is 0 Å². The number of halogens is 1. The van der Waals surface area contributed by atoms with Gasteiger partial charge in [-0.2, -0.15) is 0 Å². The molecule has 0 amide bonds. The number of ether oxygens (including phenoxy) is 1. The second-order valence-electron chi connectivity index (χ2n) is 7.67. The molecular weight excluding hydrogens is 409 g/mol. The number of nitrogens with one attached hydrogen (secondary N) is 1. The van der Waals surface area contributed by atoms with E-state index in [0.717, 1.165) is 38.4 Å². The van der Waals surface area contributed by atoms with Crippen LogP contribution in [0.4, 0.5) is 4.39 Å². The predicted molar refractivity (Wildman–Crippen MR) is 119 cm³/mol. The van der Waals surface area contributed by atoms with Crippen LogP contribution in [0, 0.1) is 17.7 Å². The summed E-state index contributed by atoms with van der Waals surface area (Å²) in [7, 11) is 0. The Morgan fingerprint density at radius 1 is 1.06 bits per heavy atom. The van der Waals surface area contributed by atoms with Gasteiger partial charge in [0.1, 0.15) is 5.82 Å². The number of rotatable bonds is 5. The van der Waals surface area contributed by atoms with Gasteiger partial charge < -0.3 is 14.8 Å². The van der Waals surface area contributed by atoms with Crippen LogP contribution in [-0.4, -0.2) is 46.3 Å². The molecule has 0 saturated carbocycles. The van der Waals surface area contributed by atoms with Gasteiger partial charge in [0.25, 0.3) is 5.56 Å². The van der Waals surface area contributed by atoms with Crippen LogP contribution in [0.5, 0.6) is 5.75 Å². The minimum atomic E-state index is -0.602. The molecule has 3 aromatic rings. The van der Waals surface area contributed by atoms with E-state index in [1.165, 1.54) is 18.0 Å². The maximum absolute atomic E-state index is 14.5. The van der Waals surface area contributed by atoms with Gasteiger partial charge in [0.2, 0.25) is 5.75 Å². The van der Waals surface area contributed by atoms with Crippen molar-refractivity contribution < 1.29 is 14.2 Å². The molecule has 32 heavy (non-hydrogen) atoms. The fourth-order valence-electron chi connectivity index (χ4n) is 3.55. The third kappa shape index (κ3) is 5.61. The van der Waals surface area contributed by atoms with Crippen molar-refractivity contribution in [2.24, 2.45) is 0 Å². The number of aromatic amines is 1. The van der Waals surface area contributed by atoms with E-state index in [0.29, 0.717) is 17.5 Å². The van der Waals surface area contributed by atoms with E-state index in [1.807, 2.05) is 12.1 Å². The fraction of sp³-hybridized carbons (Fsp3) is 0.280. The summed E-state index contributed by atoms with van der Waals surface area (Å²) in [6, 6.07) is 12.9. The average Bonchev–Trinajstić information content (AvgIpc) is 2.81. The van der Waals surface area contributed by atoms with E-state index < -0.39 is 11.3 Å². The molecule has 2 heterocycles. The Bertz CT molecular complexity index is 1190. The second-order valence-corrected chi connectivity index (χ2v) is 7.67. The molecule has 6 nitrogen and oxygen atoms in total. The first-order valence-electron chi connectivity index (χ1n) is 10.5. The van der Waals surface area contributed by atoms with Crippen LogP contribution in [0.15, 0.2) is 53.6 Å². The van der Waals surface area contributed by atoms with Gasteiger partial charge in [-0.05, 0) is 48.2 Å². The van der Waals surface area contributed by atoms with Crippen LogP contribution < -0.4 is 5.56 Å². The first-order chi connectivity index (χ1) is 15.6. The zero-order valence-corrected chi connectivity index (χ0v) is 17.6. The molecule has 0 unspecified atom stereocenters. The molecule has 0 radical (unpaired) electrons. The summed E-state index contributed by atoms with van der Waals surface area (Å²) < 4.78 is 19.9. The zero-order chi connectivity index (χ0) is 22.3. The van der Waals surface area contributed by atoms with Crippen molar-refractivity contribution in [1.29, 1.82) is 0 Å². The highest BCUT2D eigenvalue weighted by Gasteiger charge is 2.11. The second kappa shape index (κ2) is 10.2. The molecule has 0 bridgehead atoms. The standard InChI is InChI=1S/C25H24FN3O3/c26-22-15-19(7-8-21(22)9-10-23-24(30)25(31)28-17-27-23)4-1-18-2-5-20(6-3-18)16-29-11-13-32-14-12-29/h2-3,5-8,15,17,30H,9-14,16H2,(H,27,28,31). The van der Waals surface area contributed by atoms with Crippen LogP contribution in [0.1, 0.15) is 27.9 Å². The van der Waals surface area contributed by atoms with Crippen LogP contribution in [0.2, 0.25) is 0 Å². The summed E-state index contributed by atoms with van der Waals surface area (Å²) in [5.41, 5.74) is 2.81. The Labute approximate surface area is 185 Å². The third-order valence-electron chi connectivity index (χ3n) is 5.40. The van der Waals surface area contributed by atoms with Gasteiger partial charge in [0, 0.05) is 30.8 Å². The van der Waals surface area contributed by atoms with Crippen molar-refractivity contribution >= 4 is 0 Å². The van der Waals surface area contributed by atoms with Crippen LogP contribution in [-0.2, 0) is 24.1 Å². The quantitative estimate of drug-likeness (QED) is 0.605. The lowest BCUT2D eigenvalue weighted by molar-refractivity contribution is 0.0342. The first-order valence-corrected chi connectivity index (χ1v) is 10.5. The number of benzene rings is 2. The Balaban J connectivity index is 1.37. The molecule has 0 aliphatic carbocycles. The zero-order valence-electron chi connectivity index (χ0n) is 17.6. The highest BCUT2D eigenvalue weighted by molar-refractivity contribution is 5.44. The molecule has 1 aliphatic rings. The SMILES string of the molecule is O=c1[nH]cnc(CCc2ccc(C#Cc3ccc(CN4CCOCC4)cc3)cc2F)c1O. The summed E-state index contributed by atoms with van der Waals surface area (Å²) in [5.74, 6) is 5.29. The summed E-state index contributed by atoms with van der Waals surface area (Å²) in [5, 5.41) is 9.74. The largest absolute Gasteiger partial charge is 0.502 e. The monoisotopic (exact) mass is 433 g/mol. The number of nitrogens with zero attached hydrogens (tertiary/aromatic N) is 2. The van der Waals surface area contributed by atoms with Crippen molar-refractivity contribution in [2.45, 2.75) is 19.4 Å². The van der Waals surface area contributed by atoms with E-state index in [-0.39, 0.29) is 17.9 Å². The lowest BCUT2D eigenvalue weighted by atomic mass is 10.0. The van der Waals surface area contributed by atoms with Gasteiger partial charge >= 0.3 is 0 Å². The first kappa shape index (κ1) is 21.8. The molecule has 0 atom stereocenters. The molecule has 1 saturated heterocycles. The van der Waals surface area contributed by atoms with E-state index in [9.17, 15) is 14.3 Å². The Morgan fingerprint density at radius 2 is 1.78 bits per heavy atom. The number of hydrogen-bond acceptors (Lipinski definition) is 5. The minimum Gasteiger partial charge on any atom is -0.502 e. The van der Waals surface area contributed by atoms with Gasteiger partial charge in [-0.15, -0.1) is 0 Å². The molecule has 164 valence electrons. The van der Waals surface area contributed by atoms with Crippen LogP contribution in [0.3, 0.4) is 0 Å². The number of hydrogen-bond donors (Lipinski definition) is 2. The van der Waals surface area contributed by atoms with Crippen molar-refractivity contribution in [3.63, 3.8) is 0 Å². The Hall–Kier alpha value is -3.47. The molecule has 7 heteroatoms. The molecule has 1 aliphatic heterocycles. The average molecular weight is 433 g/mol. The molecular formula is C25H24FN3O3. The van der Waals surface area contributed by atoms with Gasteiger partial charge in [0.05, 0.1) is 25.2 Å². The van der Waals surface area contributed by atoms with Gasteiger partial charge in [0.15, 0.2) is 0 Å².